The summed E-state index contributed by atoms with van der Waals surface area (Å²) in [7, 11) is 0. The molecule has 0 atom stereocenters. The summed E-state index contributed by atoms with van der Waals surface area (Å²) < 4.78 is 7.17. The predicted molar refractivity (Wildman–Crippen MR) is 153 cm³/mol. The maximum absolute atomic E-state index is 5.97. The van der Waals surface area contributed by atoms with Crippen molar-refractivity contribution in [3.8, 4) is 22.0 Å². The molecule has 0 saturated carbocycles. The molecule has 0 aliphatic carbocycles. The van der Waals surface area contributed by atoms with Gasteiger partial charge in [-0.25, -0.2) is 9.97 Å². The van der Waals surface area contributed by atoms with E-state index in [9.17, 15) is 0 Å². The zero-order valence-electron chi connectivity index (χ0n) is 19.8. The number of rotatable bonds is 5. The highest BCUT2D eigenvalue weighted by Crippen LogP contribution is 2.37. The van der Waals surface area contributed by atoms with Crippen molar-refractivity contribution in [1.29, 1.82) is 0 Å². The quantitative estimate of drug-likeness (QED) is 0.239. The van der Waals surface area contributed by atoms with Gasteiger partial charge >= 0.3 is 0 Å². The maximum Gasteiger partial charge on any atom is 0.227 e. The predicted octanol–water partition coefficient (Wildman–Crippen LogP) is 9.24. The smallest absolute Gasteiger partial charge is 0.227 e. The molecule has 0 aliphatic rings. The van der Waals surface area contributed by atoms with E-state index in [2.05, 4.69) is 101 Å². The molecule has 4 nitrogen and oxygen atoms in total. The summed E-state index contributed by atoms with van der Waals surface area (Å²) >= 11 is 1.72. The number of nitrogens with zero attached hydrogens (tertiary/aromatic N) is 3. The molecule has 176 valence electrons. The van der Waals surface area contributed by atoms with Crippen LogP contribution in [0.1, 0.15) is 0 Å². The summed E-state index contributed by atoms with van der Waals surface area (Å²) in [6, 6.07) is 43.4. The Morgan fingerprint density at radius 1 is 0.514 bits per heavy atom. The van der Waals surface area contributed by atoms with Gasteiger partial charge in [0.05, 0.1) is 10.2 Å². The number of oxazole rings is 1. The van der Waals surface area contributed by atoms with Crippen LogP contribution >= 0.6 is 11.3 Å². The molecule has 37 heavy (non-hydrogen) atoms. The summed E-state index contributed by atoms with van der Waals surface area (Å²) in [5, 5.41) is 1.03. The first-order valence-electron chi connectivity index (χ1n) is 12.1. The molecule has 0 bridgehead atoms. The van der Waals surface area contributed by atoms with E-state index in [0.717, 1.165) is 49.8 Å². The number of fused-ring (bicyclic) bond motifs is 2. The highest BCUT2D eigenvalue weighted by atomic mass is 32.1. The molecule has 0 saturated heterocycles. The van der Waals surface area contributed by atoms with Crippen LogP contribution in [-0.4, -0.2) is 9.97 Å². The fourth-order valence-electron chi connectivity index (χ4n) is 4.52. The third kappa shape index (κ3) is 4.05. The van der Waals surface area contributed by atoms with Gasteiger partial charge in [-0.05, 0) is 84.9 Å². The Morgan fingerprint density at radius 2 is 1.11 bits per heavy atom. The first kappa shape index (κ1) is 21.5. The molecule has 0 unspecified atom stereocenters. The summed E-state index contributed by atoms with van der Waals surface area (Å²) in [4.78, 5) is 11.7. The van der Waals surface area contributed by atoms with Crippen molar-refractivity contribution < 1.29 is 4.42 Å². The average Bonchev–Trinajstić information content (AvgIpc) is 3.59. The minimum atomic E-state index is 0.624. The number of para-hydroxylation sites is 4. The van der Waals surface area contributed by atoms with Crippen LogP contribution in [0.5, 0.6) is 0 Å². The topological polar surface area (TPSA) is 42.2 Å². The number of hydrogen-bond donors (Lipinski definition) is 0. The molecule has 0 spiro atoms. The molecular formula is C32H21N3OS. The number of hydrogen-bond acceptors (Lipinski definition) is 5. The van der Waals surface area contributed by atoms with Gasteiger partial charge in [0, 0.05) is 28.2 Å². The largest absolute Gasteiger partial charge is 0.436 e. The van der Waals surface area contributed by atoms with E-state index in [0.29, 0.717) is 5.89 Å². The van der Waals surface area contributed by atoms with E-state index in [4.69, 9.17) is 9.40 Å². The molecule has 5 heteroatoms. The lowest BCUT2D eigenvalue weighted by molar-refractivity contribution is 0.620. The van der Waals surface area contributed by atoms with E-state index in [-0.39, 0.29) is 0 Å². The van der Waals surface area contributed by atoms with Crippen molar-refractivity contribution in [3.05, 3.63) is 127 Å². The molecule has 5 aromatic carbocycles. The molecule has 0 aliphatic heterocycles. The van der Waals surface area contributed by atoms with Crippen molar-refractivity contribution in [2.24, 2.45) is 0 Å². The molecule has 0 N–H and O–H groups in total. The van der Waals surface area contributed by atoms with E-state index in [1.54, 1.807) is 11.3 Å². The second-order valence-electron chi connectivity index (χ2n) is 8.74. The lowest BCUT2D eigenvalue weighted by Crippen LogP contribution is -2.09. The van der Waals surface area contributed by atoms with E-state index in [1.807, 2.05) is 36.4 Å². The SMILES string of the molecule is c1ccc(N(c2ccc(-c3nc4ccccc4o3)cc2)c2ccc(-c3nc4ccccc4s3)cc2)cc1. The number of benzene rings is 5. The molecule has 2 heterocycles. The second-order valence-corrected chi connectivity index (χ2v) is 9.77. The first-order valence-corrected chi connectivity index (χ1v) is 12.9. The van der Waals surface area contributed by atoms with Gasteiger partial charge < -0.3 is 9.32 Å². The van der Waals surface area contributed by atoms with Crippen LogP contribution in [0, 0.1) is 0 Å². The minimum Gasteiger partial charge on any atom is -0.436 e. The first-order chi connectivity index (χ1) is 18.3. The Bertz CT molecular complexity index is 1640. The summed E-state index contributed by atoms with van der Waals surface area (Å²) in [5.41, 5.74) is 7.97. The van der Waals surface area contributed by atoms with Crippen LogP contribution in [0.3, 0.4) is 0 Å². The van der Waals surface area contributed by atoms with Gasteiger partial charge in [-0.1, -0.05) is 42.5 Å². The molecule has 7 rings (SSSR count). The van der Waals surface area contributed by atoms with Crippen LogP contribution in [0.2, 0.25) is 0 Å². The molecule has 2 aromatic heterocycles. The lowest BCUT2D eigenvalue weighted by Gasteiger charge is -2.25. The van der Waals surface area contributed by atoms with E-state index < -0.39 is 0 Å². The standard InChI is InChI=1S/C32H21N3OS/c1-2-8-24(9-3-1)35(25-18-14-22(15-19-25)31-33-27-10-4-6-12-29(27)36-31)26-20-16-23(17-21-26)32-34-28-11-5-7-13-30(28)37-32/h1-21H. The van der Waals surface area contributed by atoms with Crippen LogP contribution in [0.15, 0.2) is 132 Å². The van der Waals surface area contributed by atoms with Gasteiger partial charge in [-0.3, -0.25) is 0 Å². The highest BCUT2D eigenvalue weighted by Gasteiger charge is 2.15. The van der Waals surface area contributed by atoms with E-state index >= 15 is 0 Å². The number of thiazole rings is 1. The van der Waals surface area contributed by atoms with E-state index in [1.165, 1.54) is 4.70 Å². The van der Waals surface area contributed by atoms with Crippen molar-refractivity contribution >= 4 is 49.7 Å². The Labute approximate surface area is 218 Å². The van der Waals surface area contributed by atoms with Crippen molar-refractivity contribution in [3.63, 3.8) is 0 Å². The number of aromatic nitrogens is 2. The van der Waals surface area contributed by atoms with Gasteiger partial charge in [-0.2, -0.15) is 0 Å². The van der Waals surface area contributed by atoms with Gasteiger partial charge in [-0.15, -0.1) is 11.3 Å². The fraction of sp³-hybridized carbons (Fsp3) is 0. The second kappa shape index (κ2) is 9.04. The maximum atomic E-state index is 5.97. The van der Waals surface area contributed by atoms with Gasteiger partial charge in [0.1, 0.15) is 10.5 Å². The van der Waals surface area contributed by atoms with Crippen LogP contribution < -0.4 is 4.90 Å². The normalized spacial score (nSPS) is 11.2. The lowest BCUT2D eigenvalue weighted by atomic mass is 10.1. The fourth-order valence-corrected chi connectivity index (χ4v) is 5.49. The molecule has 0 fully saturated rings. The minimum absolute atomic E-state index is 0.624. The van der Waals surface area contributed by atoms with Crippen LogP contribution in [-0.2, 0) is 0 Å². The monoisotopic (exact) mass is 495 g/mol. The molecule has 0 amide bonds. The summed E-state index contributed by atoms with van der Waals surface area (Å²) in [6.07, 6.45) is 0. The Balaban J connectivity index is 1.24. The van der Waals surface area contributed by atoms with Gasteiger partial charge in [0.15, 0.2) is 5.58 Å². The Kier molecular flexibility index (Phi) is 5.26. The van der Waals surface area contributed by atoms with Gasteiger partial charge in [0.2, 0.25) is 5.89 Å². The summed E-state index contributed by atoms with van der Waals surface area (Å²) in [6.45, 7) is 0. The number of anilines is 3. The van der Waals surface area contributed by atoms with Crippen molar-refractivity contribution in [1.82, 2.24) is 9.97 Å². The average molecular weight is 496 g/mol. The van der Waals surface area contributed by atoms with Gasteiger partial charge in [0.25, 0.3) is 0 Å². The zero-order chi connectivity index (χ0) is 24.6. The third-order valence-electron chi connectivity index (χ3n) is 6.35. The van der Waals surface area contributed by atoms with Crippen LogP contribution in [0.25, 0.3) is 43.3 Å². The van der Waals surface area contributed by atoms with Crippen molar-refractivity contribution in [2.45, 2.75) is 0 Å². The molecule has 7 aromatic rings. The van der Waals surface area contributed by atoms with Crippen LogP contribution in [0.4, 0.5) is 17.1 Å². The summed E-state index contributed by atoms with van der Waals surface area (Å²) in [5.74, 6) is 0.624. The third-order valence-corrected chi connectivity index (χ3v) is 7.43. The van der Waals surface area contributed by atoms with Crippen molar-refractivity contribution in [2.75, 3.05) is 4.90 Å². The molecular weight excluding hydrogens is 474 g/mol. The Hall–Kier alpha value is -4.74. The zero-order valence-corrected chi connectivity index (χ0v) is 20.6. The molecule has 0 radical (unpaired) electrons. The highest BCUT2D eigenvalue weighted by molar-refractivity contribution is 7.21. The Morgan fingerprint density at radius 3 is 1.81 bits per heavy atom.